The third kappa shape index (κ3) is 4.65. The number of benzene rings is 1. The Morgan fingerprint density at radius 3 is 2.47 bits per heavy atom. The molecule has 1 aromatic rings. The van der Waals surface area contributed by atoms with Gasteiger partial charge in [0.05, 0.1) is 10.5 Å². The van der Waals surface area contributed by atoms with E-state index in [2.05, 4.69) is 5.32 Å². The first-order chi connectivity index (χ1) is 14.1. The number of sulfonamides is 1. The lowest BCUT2D eigenvalue weighted by molar-refractivity contribution is -0.136. The maximum Gasteiger partial charge on any atom is 0.338 e. The van der Waals surface area contributed by atoms with E-state index in [1.807, 2.05) is 13.8 Å². The Morgan fingerprint density at radius 1 is 1.20 bits per heavy atom. The van der Waals surface area contributed by atoms with E-state index in [1.54, 1.807) is 0 Å². The molecule has 2 heterocycles. The zero-order chi connectivity index (χ0) is 22.1. The molecule has 0 aliphatic carbocycles. The fraction of sp³-hybridized carbons (Fsp3) is 0.550. The van der Waals surface area contributed by atoms with E-state index in [0.29, 0.717) is 19.6 Å². The van der Waals surface area contributed by atoms with E-state index in [9.17, 15) is 22.8 Å². The molecule has 0 unspecified atom stereocenters. The van der Waals surface area contributed by atoms with E-state index < -0.39 is 34.0 Å². The van der Waals surface area contributed by atoms with Gasteiger partial charge in [-0.3, -0.25) is 9.69 Å². The van der Waals surface area contributed by atoms with Gasteiger partial charge >= 0.3 is 12.0 Å². The van der Waals surface area contributed by atoms with E-state index in [-0.39, 0.29) is 28.8 Å². The van der Waals surface area contributed by atoms with Crippen molar-refractivity contribution >= 4 is 27.9 Å². The third-order valence-electron chi connectivity index (χ3n) is 5.30. The molecular formula is C20H27N3O6S. The number of rotatable bonds is 5. The summed E-state index contributed by atoms with van der Waals surface area (Å²) >= 11 is 0. The van der Waals surface area contributed by atoms with Crippen LogP contribution in [0.2, 0.25) is 0 Å². The average molecular weight is 438 g/mol. The van der Waals surface area contributed by atoms with Crippen LogP contribution in [0.25, 0.3) is 0 Å². The second kappa shape index (κ2) is 8.73. The number of esters is 1. The van der Waals surface area contributed by atoms with Gasteiger partial charge in [0.25, 0.3) is 5.91 Å². The maximum atomic E-state index is 13.1. The molecule has 0 radical (unpaired) electrons. The van der Waals surface area contributed by atoms with Gasteiger partial charge in [-0.25, -0.2) is 18.0 Å². The topological polar surface area (TPSA) is 113 Å². The Balaban J connectivity index is 1.73. The lowest BCUT2D eigenvalue weighted by atomic mass is 9.94. The lowest BCUT2D eigenvalue weighted by Gasteiger charge is -2.34. The van der Waals surface area contributed by atoms with Crippen molar-refractivity contribution in [1.29, 1.82) is 0 Å². The number of carbonyl (C=O) groups is 3. The minimum Gasteiger partial charge on any atom is -0.449 e. The molecule has 10 heteroatoms. The number of hydrogen-bond donors (Lipinski definition) is 1. The van der Waals surface area contributed by atoms with E-state index in [1.165, 1.54) is 35.5 Å². The summed E-state index contributed by atoms with van der Waals surface area (Å²) in [4.78, 5) is 37.4. The predicted molar refractivity (Wildman–Crippen MR) is 108 cm³/mol. The zero-order valence-corrected chi connectivity index (χ0v) is 18.1. The summed E-state index contributed by atoms with van der Waals surface area (Å²) in [5.41, 5.74) is 0.0275. The molecule has 2 fully saturated rings. The monoisotopic (exact) mass is 437 g/mol. The molecule has 9 nitrogen and oxygen atoms in total. The van der Waals surface area contributed by atoms with Crippen LogP contribution in [0.1, 0.15) is 37.6 Å². The zero-order valence-electron chi connectivity index (χ0n) is 17.3. The Bertz CT molecular complexity index is 938. The molecule has 2 aliphatic heterocycles. The first kappa shape index (κ1) is 22.2. The Kier molecular flexibility index (Phi) is 6.47. The second-order valence-electron chi connectivity index (χ2n) is 8.07. The summed E-state index contributed by atoms with van der Waals surface area (Å²) in [6.07, 6.45) is -0.204. The number of piperidine rings is 1. The third-order valence-corrected chi connectivity index (χ3v) is 7.12. The number of hydrogen-bond acceptors (Lipinski definition) is 6. The summed E-state index contributed by atoms with van der Waals surface area (Å²) in [6.45, 7) is 6.84. The van der Waals surface area contributed by atoms with Gasteiger partial charge in [0, 0.05) is 26.2 Å². The summed E-state index contributed by atoms with van der Waals surface area (Å²) in [7, 11) is -3.75. The van der Waals surface area contributed by atoms with Gasteiger partial charge in [-0.15, -0.1) is 0 Å². The molecule has 3 amide bonds. The molecule has 0 bridgehead atoms. The van der Waals surface area contributed by atoms with Crippen molar-refractivity contribution < 1.29 is 27.5 Å². The number of nitrogens with one attached hydrogen (secondary N) is 1. The minimum absolute atomic E-state index is 0.0103. The van der Waals surface area contributed by atoms with E-state index in [0.717, 1.165) is 11.3 Å². The van der Waals surface area contributed by atoms with Crippen LogP contribution in [-0.2, 0) is 19.6 Å². The number of nitrogens with zero attached hydrogens (tertiary/aromatic N) is 2. The van der Waals surface area contributed by atoms with Crippen molar-refractivity contribution in [3.05, 3.63) is 29.8 Å². The minimum atomic E-state index is -3.75. The average Bonchev–Trinajstić information content (AvgIpc) is 3.12. The van der Waals surface area contributed by atoms with Crippen molar-refractivity contribution in [2.75, 3.05) is 26.2 Å². The van der Waals surface area contributed by atoms with E-state index >= 15 is 0 Å². The summed E-state index contributed by atoms with van der Waals surface area (Å²) in [5, 5.41) is 2.51. The Hall–Kier alpha value is -2.46. The number of urea groups is 1. The van der Waals surface area contributed by atoms with Crippen LogP contribution >= 0.6 is 0 Å². The normalized spacial score (nSPS) is 23.7. The molecule has 164 valence electrons. The fourth-order valence-corrected chi connectivity index (χ4v) is 5.64. The van der Waals surface area contributed by atoms with Gasteiger partial charge in [-0.1, -0.05) is 19.9 Å². The highest BCUT2D eigenvalue weighted by molar-refractivity contribution is 7.89. The number of carbonyl (C=O) groups excluding carboxylic acids is 3. The number of ether oxygens (including phenoxy) is 1. The van der Waals surface area contributed by atoms with Crippen LogP contribution in [0.15, 0.2) is 29.2 Å². The van der Waals surface area contributed by atoms with Crippen LogP contribution in [0.3, 0.4) is 0 Å². The van der Waals surface area contributed by atoms with Crippen LogP contribution < -0.4 is 5.32 Å². The lowest BCUT2D eigenvalue weighted by Crippen LogP contribution is -2.42. The first-order valence-corrected chi connectivity index (χ1v) is 11.4. The molecule has 3 rings (SSSR count). The number of amides is 3. The predicted octanol–water partition coefficient (Wildman–Crippen LogP) is 1.45. The van der Waals surface area contributed by atoms with Crippen LogP contribution in [-0.4, -0.2) is 67.8 Å². The van der Waals surface area contributed by atoms with Crippen LogP contribution in [0.4, 0.5) is 4.79 Å². The summed E-state index contributed by atoms with van der Waals surface area (Å²) in [5.74, 6) is -0.941. The van der Waals surface area contributed by atoms with Crippen molar-refractivity contribution in [2.24, 2.45) is 11.8 Å². The SMILES string of the molecule is C[C@@H]1C[C@H](C)CN(S(=O)(=O)c2cccc(C(=O)O[C@H](C)C(=O)N3CCNC3=O)c2)C1. The van der Waals surface area contributed by atoms with Crippen LogP contribution in [0, 0.1) is 11.8 Å². The largest absolute Gasteiger partial charge is 0.449 e. The quantitative estimate of drug-likeness (QED) is 0.698. The van der Waals surface area contributed by atoms with Crippen molar-refractivity contribution in [1.82, 2.24) is 14.5 Å². The summed E-state index contributed by atoms with van der Waals surface area (Å²) in [6, 6.07) is 5.09. The molecule has 3 atom stereocenters. The number of imide groups is 1. The highest BCUT2D eigenvalue weighted by Crippen LogP contribution is 2.27. The fourth-order valence-electron chi connectivity index (χ4n) is 3.91. The molecule has 0 aromatic heterocycles. The van der Waals surface area contributed by atoms with Gasteiger partial charge in [-0.05, 0) is 43.4 Å². The standard InChI is InChI=1S/C20H27N3O6S/c1-13-9-14(2)12-22(11-13)30(27,28)17-6-4-5-16(10-17)19(25)29-15(3)18(24)23-8-7-21-20(23)26/h4-6,10,13-15H,7-9,11-12H2,1-3H3,(H,21,26)/t13-,14+,15-/m1/s1. The van der Waals surface area contributed by atoms with Gasteiger partial charge < -0.3 is 10.1 Å². The van der Waals surface area contributed by atoms with Gasteiger partial charge in [0.1, 0.15) is 0 Å². The Morgan fingerprint density at radius 2 is 1.87 bits per heavy atom. The summed E-state index contributed by atoms with van der Waals surface area (Å²) < 4.78 is 32.8. The van der Waals surface area contributed by atoms with E-state index in [4.69, 9.17) is 4.74 Å². The smallest absolute Gasteiger partial charge is 0.338 e. The molecule has 2 aliphatic rings. The Labute approximate surface area is 176 Å². The molecule has 2 saturated heterocycles. The van der Waals surface area contributed by atoms with Gasteiger partial charge in [0.2, 0.25) is 10.0 Å². The molecule has 1 aromatic carbocycles. The van der Waals surface area contributed by atoms with Crippen molar-refractivity contribution in [3.8, 4) is 0 Å². The molecule has 1 N–H and O–H groups in total. The molecule has 0 saturated carbocycles. The molecule has 30 heavy (non-hydrogen) atoms. The second-order valence-corrected chi connectivity index (χ2v) is 10.0. The molecular weight excluding hydrogens is 410 g/mol. The van der Waals surface area contributed by atoms with Crippen LogP contribution in [0.5, 0.6) is 0 Å². The van der Waals surface area contributed by atoms with Crippen molar-refractivity contribution in [2.45, 2.75) is 38.2 Å². The first-order valence-electron chi connectivity index (χ1n) is 10.00. The maximum absolute atomic E-state index is 13.1. The van der Waals surface area contributed by atoms with Gasteiger partial charge in [0.15, 0.2) is 6.10 Å². The highest BCUT2D eigenvalue weighted by atomic mass is 32.2. The molecule has 0 spiro atoms. The van der Waals surface area contributed by atoms with Crippen molar-refractivity contribution in [3.63, 3.8) is 0 Å². The highest BCUT2D eigenvalue weighted by Gasteiger charge is 2.33. The van der Waals surface area contributed by atoms with Gasteiger partial charge in [-0.2, -0.15) is 4.31 Å².